The third kappa shape index (κ3) is 2.82. The van der Waals surface area contributed by atoms with Crippen molar-refractivity contribution in [2.75, 3.05) is 17.7 Å². The van der Waals surface area contributed by atoms with Crippen molar-refractivity contribution in [2.45, 2.75) is 13.5 Å². The predicted octanol–water partition coefficient (Wildman–Crippen LogP) is 3.37. The SMILES string of the molecule is Cc1ccc(CN(C)c2c(N)cncc2Br)cc1. The summed E-state index contributed by atoms with van der Waals surface area (Å²) in [4.78, 5) is 6.16. The Morgan fingerprint density at radius 3 is 2.50 bits per heavy atom. The summed E-state index contributed by atoms with van der Waals surface area (Å²) in [6.45, 7) is 2.90. The van der Waals surface area contributed by atoms with E-state index in [-0.39, 0.29) is 0 Å². The van der Waals surface area contributed by atoms with Crippen LogP contribution in [0.15, 0.2) is 41.1 Å². The summed E-state index contributed by atoms with van der Waals surface area (Å²) in [7, 11) is 2.02. The molecular weight excluding hydrogens is 290 g/mol. The molecule has 4 heteroatoms. The van der Waals surface area contributed by atoms with Crippen molar-refractivity contribution in [1.82, 2.24) is 4.98 Å². The zero-order valence-electron chi connectivity index (χ0n) is 10.5. The van der Waals surface area contributed by atoms with Gasteiger partial charge in [-0.25, -0.2) is 0 Å². The van der Waals surface area contributed by atoms with E-state index in [1.165, 1.54) is 11.1 Å². The van der Waals surface area contributed by atoms with Crippen LogP contribution in [0.2, 0.25) is 0 Å². The van der Waals surface area contributed by atoms with E-state index < -0.39 is 0 Å². The molecular formula is C14H16BrN3. The van der Waals surface area contributed by atoms with Crippen molar-refractivity contribution in [3.63, 3.8) is 0 Å². The molecule has 2 aromatic rings. The quantitative estimate of drug-likeness (QED) is 0.945. The van der Waals surface area contributed by atoms with Crippen LogP contribution in [0.4, 0.5) is 11.4 Å². The summed E-state index contributed by atoms with van der Waals surface area (Å²) < 4.78 is 0.914. The Labute approximate surface area is 116 Å². The molecule has 0 aliphatic rings. The smallest absolute Gasteiger partial charge is 0.0776 e. The molecule has 94 valence electrons. The number of nitrogen functional groups attached to an aromatic ring is 1. The van der Waals surface area contributed by atoms with Crippen LogP contribution in [0, 0.1) is 6.92 Å². The third-order valence-electron chi connectivity index (χ3n) is 2.82. The molecule has 0 spiro atoms. The molecule has 0 atom stereocenters. The van der Waals surface area contributed by atoms with Gasteiger partial charge < -0.3 is 10.6 Å². The highest BCUT2D eigenvalue weighted by Crippen LogP contribution is 2.31. The Bertz CT molecular complexity index is 517. The van der Waals surface area contributed by atoms with Crippen LogP contribution in [-0.2, 0) is 6.54 Å². The minimum absolute atomic E-state index is 0.680. The van der Waals surface area contributed by atoms with Gasteiger partial charge in [0.2, 0.25) is 0 Å². The van der Waals surface area contributed by atoms with Gasteiger partial charge in [-0.3, -0.25) is 4.98 Å². The third-order valence-corrected chi connectivity index (χ3v) is 3.40. The second-order valence-corrected chi connectivity index (χ2v) is 5.26. The number of benzene rings is 1. The maximum Gasteiger partial charge on any atom is 0.0776 e. The van der Waals surface area contributed by atoms with Gasteiger partial charge in [0.1, 0.15) is 0 Å². The second-order valence-electron chi connectivity index (χ2n) is 4.40. The van der Waals surface area contributed by atoms with E-state index in [2.05, 4.69) is 57.0 Å². The molecule has 0 bridgehead atoms. The van der Waals surface area contributed by atoms with Gasteiger partial charge in [-0.05, 0) is 28.4 Å². The number of aromatic nitrogens is 1. The highest BCUT2D eigenvalue weighted by atomic mass is 79.9. The summed E-state index contributed by atoms with van der Waals surface area (Å²) in [6.07, 6.45) is 3.43. The zero-order valence-corrected chi connectivity index (χ0v) is 12.1. The first-order valence-electron chi connectivity index (χ1n) is 5.73. The molecule has 0 unspecified atom stereocenters. The fourth-order valence-corrected chi connectivity index (χ4v) is 2.54. The highest BCUT2D eigenvalue weighted by molar-refractivity contribution is 9.10. The van der Waals surface area contributed by atoms with Crippen LogP contribution >= 0.6 is 15.9 Å². The number of pyridine rings is 1. The Hall–Kier alpha value is -1.55. The number of aryl methyl sites for hydroxylation is 1. The zero-order chi connectivity index (χ0) is 13.1. The molecule has 18 heavy (non-hydrogen) atoms. The van der Waals surface area contributed by atoms with E-state index in [0.717, 1.165) is 16.7 Å². The van der Waals surface area contributed by atoms with E-state index in [1.54, 1.807) is 12.4 Å². The lowest BCUT2D eigenvalue weighted by Crippen LogP contribution is -2.18. The van der Waals surface area contributed by atoms with Gasteiger partial charge in [0.05, 0.1) is 22.0 Å². The van der Waals surface area contributed by atoms with E-state index in [0.29, 0.717) is 5.69 Å². The van der Waals surface area contributed by atoms with E-state index in [1.807, 2.05) is 7.05 Å². The average Bonchev–Trinajstić information content (AvgIpc) is 2.32. The molecule has 0 saturated carbocycles. The van der Waals surface area contributed by atoms with Crippen LogP contribution in [0.1, 0.15) is 11.1 Å². The van der Waals surface area contributed by atoms with Gasteiger partial charge in [-0.15, -0.1) is 0 Å². The van der Waals surface area contributed by atoms with Gasteiger partial charge in [-0.2, -0.15) is 0 Å². The molecule has 0 saturated heterocycles. The molecule has 1 aromatic heterocycles. The van der Waals surface area contributed by atoms with Crippen molar-refractivity contribution in [2.24, 2.45) is 0 Å². The minimum Gasteiger partial charge on any atom is -0.396 e. The van der Waals surface area contributed by atoms with Crippen LogP contribution in [0.25, 0.3) is 0 Å². The number of nitrogens with two attached hydrogens (primary N) is 1. The molecule has 0 amide bonds. The van der Waals surface area contributed by atoms with E-state index in [4.69, 9.17) is 5.73 Å². The van der Waals surface area contributed by atoms with Crippen molar-refractivity contribution >= 4 is 27.3 Å². The second kappa shape index (κ2) is 5.40. The molecule has 1 heterocycles. The predicted molar refractivity (Wildman–Crippen MR) is 79.6 cm³/mol. The van der Waals surface area contributed by atoms with Gasteiger partial charge in [0, 0.05) is 19.8 Å². The van der Waals surface area contributed by atoms with Gasteiger partial charge >= 0.3 is 0 Å². The fraction of sp³-hybridized carbons (Fsp3) is 0.214. The molecule has 0 radical (unpaired) electrons. The number of rotatable bonds is 3. The van der Waals surface area contributed by atoms with Crippen LogP contribution in [0.3, 0.4) is 0 Å². The summed E-state index contributed by atoms with van der Waals surface area (Å²) in [5.74, 6) is 0. The van der Waals surface area contributed by atoms with Crippen molar-refractivity contribution in [3.8, 4) is 0 Å². The Morgan fingerprint density at radius 2 is 1.89 bits per heavy atom. The van der Waals surface area contributed by atoms with Crippen molar-refractivity contribution < 1.29 is 0 Å². The molecule has 2 N–H and O–H groups in total. The molecule has 3 nitrogen and oxygen atoms in total. The van der Waals surface area contributed by atoms with Crippen molar-refractivity contribution in [3.05, 3.63) is 52.3 Å². The maximum absolute atomic E-state index is 5.97. The van der Waals surface area contributed by atoms with Gasteiger partial charge in [-0.1, -0.05) is 29.8 Å². The first kappa shape index (κ1) is 12.9. The van der Waals surface area contributed by atoms with Gasteiger partial charge in [0.15, 0.2) is 0 Å². The normalized spacial score (nSPS) is 10.4. The van der Waals surface area contributed by atoms with Crippen LogP contribution in [0.5, 0.6) is 0 Å². The molecule has 0 aliphatic carbocycles. The average molecular weight is 306 g/mol. The number of nitrogens with zero attached hydrogens (tertiary/aromatic N) is 2. The Balaban J connectivity index is 2.22. The molecule has 1 aromatic carbocycles. The number of halogens is 1. The lowest BCUT2D eigenvalue weighted by molar-refractivity contribution is 0.918. The molecule has 0 aliphatic heterocycles. The first-order valence-corrected chi connectivity index (χ1v) is 6.53. The summed E-state index contributed by atoms with van der Waals surface area (Å²) >= 11 is 3.49. The summed E-state index contributed by atoms with van der Waals surface area (Å²) in [5, 5.41) is 0. The van der Waals surface area contributed by atoms with Gasteiger partial charge in [0.25, 0.3) is 0 Å². The standard InChI is InChI=1S/C14H16BrN3/c1-10-3-5-11(6-4-10)9-18(2)14-12(15)7-17-8-13(14)16/h3-8H,9,16H2,1-2H3. The molecule has 0 fully saturated rings. The Morgan fingerprint density at radius 1 is 1.22 bits per heavy atom. The number of anilines is 2. The van der Waals surface area contributed by atoms with E-state index in [9.17, 15) is 0 Å². The minimum atomic E-state index is 0.680. The topological polar surface area (TPSA) is 42.1 Å². The summed E-state index contributed by atoms with van der Waals surface area (Å²) in [6, 6.07) is 8.51. The largest absolute Gasteiger partial charge is 0.396 e. The first-order chi connectivity index (χ1) is 8.58. The van der Waals surface area contributed by atoms with Crippen LogP contribution < -0.4 is 10.6 Å². The number of hydrogen-bond acceptors (Lipinski definition) is 3. The number of hydrogen-bond donors (Lipinski definition) is 1. The lowest BCUT2D eigenvalue weighted by Gasteiger charge is -2.22. The summed E-state index contributed by atoms with van der Waals surface area (Å²) in [5.41, 5.74) is 10.1. The maximum atomic E-state index is 5.97. The Kier molecular flexibility index (Phi) is 3.87. The lowest BCUT2D eigenvalue weighted by atomic mass is 10.1. The molecule has 2 rings (SSSR count). The van der Waals surface area contributed by atoms with E-state index >= 15 is 0 Å². The monoisotopic (exact) mass is 305 g/mol. The van der Waals surface area contributed by atoms with Crippen LogP contribution in [-0.4, -0.2) is 12.0 Å². The fourth-order valence-electron chi connectivity index (χ4n) is 1.89. The highest BCUT2D eigenvalue weighted by Gasteiger charge is 2.10. The van der Waals surface area contributed by atoms with Crippen molar-refractivity contribution in [1.29, 1.82) is 0 Å².